The first-order chi connectivity index (χ1) is 9.17. The molecular formula is C16H17BrClN. The fraction of sp³-hybridized carbons (Fsp3) is 0.312. The summed E-state index contributed by atoms with van der Waals surface area (Å²) in [7, 11) is 0. The van der Waals surface area contributed by atoms with E-state index in [2.05, 4.69) is 58.2 Å². The van der Waals surface area contributed by atoms with Crippen LogP contribution in [0.4, 0.5) is 0 Å². The van der Waals surface area contributed by atoms with Crippen LogP contribution in [0.2, 0.25) is 0 Å². The van der Waals surface area contributed by atoms with Crippen LogP contribution < -0.4 is 0 Å². The molecule has 3 heteroatoms. The van der Waals surface area contributed by atoms with E-state index < -0.39 is 0 Å². The Bertz CT molecular complexity index is 494. The number of hydrogen-bond donors (Lipinski definition) is 0. The number of aryl methyl sites for hydroxylation is 1. The SMILES string of the molecule is Cc1cccc(CC(CCl)Cc2cncc(Br)c2)c1. The number of aromatic nitrogens is 1. The second-order valence-corrected chi connectivity index (χ2v) is 6.15. The Morgan fingerprint density at radius 2 is 1.95 bits per heavy atom. The van der Waals surface area contributed by atoms with Crippen molar-refractivity contribution >= 4 is 27.5 Å². The molecule has 0 spiro atoms. The molecule has 1 atom stereocenters. The summed E-state index contributed by atoms with van der Waals surface area (Å²) >= 11 is 9.57. The fourth-order valence-corrected chi connectivity index (χ4v) is 2.89. The van der Waals surface area contributed by atoms with E-state index in [9.17, 15) is 0 Å². The molecule has 19 heavy (non-hydrogen) atoms. The van der Waals surface area contributed by atoms with Crippen LogP contribution in [-0.4, -0.2) is 10.9 Å². The molecule has 0 N–H and O–H groups in total. The second kappa shape index (κ2) is 7.06. The molecule has 0 aliphatic rings. The first kappa shape index (κ1) is 14.5. The predicted molar refractivity (Wildman–Crippen MR) is 84.7 cm³/mol. The van der Waals surface area contributed by atoms with Crippen LogP contribution in [-0.2, 0) is 12.8 Å². The standard InChI is InChI=1S/C16H17BrClN/c1-12-3-2-4-13(5-12)6-14(9-18)7-15-8-16(17)11-19-10-15/h2-5,8,10-11,14H,6-7,9H2,1H3. The molecule has 0 bridgehead atoms. The number of pyridine rings is 1. The van der Waals surface area contributed by atoms with Crippen LogP contribution in [0.25, 0.3) is 0 Å². The molecule has 1 aromatic carbocycles. The second-order valence-electron chi connectivity index (χ2n) is 4.93. The van der Waals surface area contributed by atoms with E-state index in [0.717, 1.165) is 17.3 Å². The van der Waals surface area contributed by atoms with Gasteiger partial charge in [-0.15, -0.1) is 11.6 Å². The molecule has 100 valence electrons. The van der Waals surface area contributed by atoms with Gasteiger partial charge in [-0.25, -0.2) is 0 Å². The highest BCUT2D eigenvalue weighted by Crippen LogP contribution is 2.18. The summed E-state index contributed by atoms with van der Waals surface area (Å²) in [6, 6.07) is 10.8. The summed E-state index contributed by atoms with van der Waals surface area (Å²) in [5.74, 6) is 1.11. The molecule has 1 nitrogen and oxygen atoms in total. The van der Waals surface area contributed by atoms with E-state index in [1.165, 1.54) is 16.7 Å². The first-order valence-corrected chi connectivity index (χ1v) is 7.71. The summed E-state index contributed by atoms with van der Waals surface area (Å²) in [6.45, 7) is 2.12. The van der Waals surface area contributed by atoms with E-state index in [1.54, 1.807) is 6.20 Å². The Balaban J connectivity index is 2.04. The van der Waals surface area contributed by atoms with Crippen molar-refractivity contribution in [2.24, 2.45) is 5.92 Å². The Kier molecular flexibility index (Phi) is 5.41. The normalized spacial score (nSPS) is 12.4. The van der Waals surface area contributed by atoms with Crippen molar-refractivity contribution in [2.75, 3.05) is 5.88 Å². The van der Waals surface area contributed by atoms with Gasteiger partial charge in [-0.1, -0.05) is 29.8 Å². The van der Waals surface area contributed by atoms with Crippen molar-refractivity contribution in [3.8, 4) is 0 Å². The quantitative estimate of drug-likeness (QED) is 0.714. The largest absolute Gasteiger partial charge is 0.263 e. The molecule has 0 saturated carbocycles. The summed E-state index contributed by atoms with van der Waals surface area (Å²) in [5.41, 5.74) is 3.89. The molecule has 0 amide bonds. The summed E-state index contributed by atoms with van der Waals surface area (Å²) < 4.78 is 1.02. The molecule has 1 heterocycles. The number of nitrogens with zero attached hydrogens (tertiary/aromatic N) is 1. The lowest BCUT2D eigenvalue weighted by molar-refractivity contribution is 0.582. The minimum atomic E-state index is 0.444. The minimum Gasteiger partial charge on any atom is -0.263 e. The number of hydrogen-bond acceptors (Lipinski definition) is 1. The molecule has 0 aliphatic heterocycles. The topological polar surface area (TPSA) is 12.9 Å². The van der Waals surface area contributed by atoms with Gasteiger partial charge >= 0.3 is 0 Å². The average molecular weight is 339 g/mol. The lowest BCUT2D eigenvalue weighted by Crippen LogP contribution is -2.10. The lowest BCUT2D eigenvalue weighted by atomic mass is 9.94. The van der Waals surface area contributed by atoms with Gasteiger partial charge in [0, 0.05) is 22.7 Å². The zero-order chi connectivity index (χ0) is 13.7. The Morgan fingerprint density at radius 1 is 1.16 bits per heavy atom. The van der Waals surface area contributed by atoms with Crippen LogP contribution >= 0.6 is 27.5 Å². The third kappa shape index (κ3) is 4.63. The zero-order valence-electron chi connectivity index (χ0n) is 10.9. The third-order valence-electron chi connectivity index (χ3n) is 3.11. The lowest BCUT2D eigenvalue weighted by Gasteiger charge is -2.14. The van der Waals surface area contributed by atoms with Gasteiger partial charge in [0.2, 0.25) is 0 Å². The highest BCUT2D eigenvalue weighted by atomic mass is 79.9. The maximum Gasteiger partial charge on any atom is 0.0410 e. The molecule has 0 fully saturated rings. The molecule has 1 aromatic heterocycles. The molecule has 2 aromatic rings. The summed E-state index contributed by atoms with van der Waals surface area (Å²) in [4.78, 5) is 4.20. The van der Waals surface area contributed by atoms with Crippen molar-refractivity contribution < 1.29 is 0 Å². The van der Waals surface area contributed by atoms with E-state index in [4.69, 9.17) is 11.6 Å². The molecule has 0 aliphatic carbocycles. The maximum absolute atomic E-state index is 6.11. The van der Waals surface area contributed by atoms with E-state index >= 15 is 0 Å². The molecule has 1 unspecified atom stereocenters. The fourth-order valence-electron chi connectivity index (χ4n) is 2.25. The smallest absolute Gasteiger partial charge is 0.0410 e. The number of benzene rings is 1. The van der Waals surface area contributed by atoms with Crippen molar-refractivity contribution in [3.63, 3.8) is 0 Å². The Morgan fingerprint density at radius 3 is 2.63 bits per heavy atom. The highest BCUT2D eigenvalue weighted by molar-refractivity contribution is 9.10. The van der Waals surface area contributed by atoms with Gasteiger partial charge < -0.3 is 0 Å². The van der Waals surface area contributed by atoms with Crippen molar-refractivity contribution in [1.82, 2.24) is 4.98 Å². The van der Waals surface area contributed by atoms with E-state index in [1.807, 2.05) is 6.20 Å². The average Bonchev–Trinajstić information content (AvgIpc) is 2.38. The number of halogens is 2. The third-order valence-corrected chi connectivity index (χ3v) is 3.98. The highest BCUT2D eigenvalue weighted by Gasteiger charge is 2.10. The van der Waals surface area contributed by atoms with Crippen molar-refractivity contribution in [2.45, 2.75) is 19.8 Å². The zero-order valence-corrected chi connectivity index (χ0v) is 13.3. The minimum absolute atomic E-state index is 0.444. The molecule has 0 saturated heterocycles. The predicted octanol–water partition coefficient (Wildman–Crippen LogP) is 4.79. The van der Waals surface area contributed by atoms with Gasteiger partial charge in [0.15, 0.2) is 0 Å². The van der Waals surface area contributed by atoms with Crippen LogP contribution in [0.3, 0.4) is 0 Å². The van der Waals surface area contributed by atoms with Crippen LogP contribution in [0.15, 0.2) is 47.2 Å². The van der Waals surface area contributed by atoms with Crippen LogP contribution in [0.5, 0.6) is 0 Å². The first-order valence-electron chi connectivity index (χ1n) is 6.38. The maximum atomic E-state index is 6.11. The van der Waals surface area contributed by atoms with E-state index in [0.29, 0.717) is 11.8 Å². The summed E-state index contributed by atoms with van der Waals surface area (Å²) in [6.07, 6.45) is 5.70. The van der Waals surface area contributed by atoms with Gasteiger partial charge in [0.1, 0.15) is 0 Å². The van der Waals surface area contributed by atoms with Gasteiger partial charge in [0.05, 0.1) is 0 Å². The molecular weight excluding hydrogens is 322 g/mol. The van der Waals surface area contributed by atoms with Crippen molar-refractivity contribution in [1.29, 1.82) is 0 Å². The molecule has 2 rings (SSSR count). The Hall–Kier alpha value is -0.860. The Labute approximate surface area is 128 Å². The van der Waals surface area contributed by atoms with Crippen LogP contribution in [0.1, 0.15) is 16.7 Å². The van der Waals surface area contributed by atoms with E-state index in [-0.39, 0.29) is 0 Å². The van der Waals surface area contributed by atoms with Crippen LogP contribution in [0, 0.1) is 12.8 Å². The van der Waals surface area contributed by atoms with Gasteiger partial charge in [0.25, 0.3) is 0 Å². The van der Waals surface area contributed by atoms with Gasteiger partial charge in [-0.2, -0.15) is 0 Å². The molecule has 0 radical (unpaired) electrons. The van der Waals surface area contributed by atoms with Gasteiger partial charge in [-0.05, 0) is 58.8 Å². The number of alkyl halides is 1. The van der Waals surface area contributed by atoms with Gasteiger partial charge in [-0.3, -0.25) is 4.98 Å². The monoisotopic (exact) mass is 337 g/mol. The number of rotatable bonds is 5. The summed E-state index contributed by atoms with van der Waals surface area (Å²) in [5, 5.41) is 0. The van der Waals surface area contributed by atoms with Crippen molar-refractivity contribution in [3.05, 3.63) is 63.9 Å².